The summed E-state index contributed by atoms with van der Waals surface area (Å²) in [4.78, 5) is 22.8. The highest BCUT2D eigenvalue weighted by Gasteiger charge is 2.09. The van der Waals surface area contributed by atoms with Crippen molar-refractivity contribution in [2.45, 2.75) is 19.8 Å². The molecule has 0 amide bonds. The van der Waals surface area contributed by atoms with Crippen LogP contribution in [0.4, 0.5) is 0 Å². The summed E-state index contributed by atoms with van der Waals surface area (Å²) in [6, 6.07) is 4.61. The Bertz CT molecular complexity index is 539. The van der Waals surface area contributed by atoms with E-state index in [-0.39, 0.29) is 19.0 Å². The van der Waals surface area contributed by atoms with Crippen LogP contribution in [0.2, 0.25) is 0 Å². The number of phenolic OH excluding ortho intramolecular Hbond substituents is 1. The molecule has 0 heterocycles. The number of esters is 2. The Balaban J connectivity index is 2.23. The van der Waals surface area contributed by atoms with Crippen molar-refractivity contribution in [1.29, 1.82) is 0 Å². The molecule has 0 saturated carbocycles. The second-order valence-corrected chi connectivity index (χ2v) is 5.59. The lowest BCUT2D eigenvalue weighted by atomic mass is 10.2. The molecule has 0 fully saturated rings. The molecule has 1 aromatic carbocycles. The van der Waals surface area contributed by atoms with Crippen LogP contribution in [0.3, 0.4) is 0 Å². The molecule has 0 aliphatic carbocycles. The first-order valence-electron chi connectivity index (χ1n) is 6.40. The Morgan fingerprint density at radius 2 is 1.86 bits per heavy atom. The molecule has 0 saturated heterocycles. The summed E-state index contributed by atoms with van der Waals surface area (Å²) in [5, 5.41) is 9.52. The van der Waals surface area contributed by atoms with Gasteiger partial charge < -0.3 is 14.6 Å². The summed E-state index contributed by atoms with van der Waals surface area (Å²) in [6.07, 6.45) is 1.19. The van der Waals surface area contributed by atoms with E-state index in [9.17, 15) is 14.7 Å². The van der Waals surface area contributed by atoms with Gasteiger partial charge in [-0.15, -0.1) is 0 Å². The third-order valence-electron chi connectivity index (χ3n) is 2.54. The summed E-state index contributed by atoms with van der Waals surface area (Å²) >= 11 is 1.97. The molecule has 21 heavy (non-hydrogen) atoms. The number of rotatable bonds is 7. The van der Waals surface area contributed by atoms with Crippen LogP contribution in [0, 0.1) is 3.57 Å². The first-order chi connectivity index (χ1) is 9.91. The summed E-state index contributed by atoms with van der Waals surface area (Å²) in [5.74, 6) is -0.848. The highest BCUT2D eigenvalue weighted by atomic mass is 127. The lowest BCUT2D eigenvalue weighted by molar-refractivity contribution is -0.139. The Labute approximate surface area is 137 Å². The van der Waals surface area contributed by atoms with Gasteiger partial charge in [-0.1, -0.05) is 6.58 Å². The normalized spacial score (nSPS) is 10.0. The van der Waals surface area contributed by atoms with E-state index >= 15 is 0 Å². The van der Waals surface area contributed by atoms with E-state index in [1.807, 2.05) is 22.6 Å². The number of carbonyl (C=O) groups is 2. The van der Waals surface area contributed by atoms with E-state index in [2.05, 4.69) is 6.58 Å². The van der Waals surface area contributed by atoms with Crippen molar-refractivity contribution < 1.29 is 24.2 Å². The van der Waals surface area contributed by atoms with Crippen LogP contribution in [0.15, 0.2) is 30.4 Å². The molecule has 0 radical (unpaired) electrons. The van der Waals surface area contributed by atoms with Crippen molar-refractivity contribution in [3.05, 3.63) is 39.5 Å². The SMILES string of the molecule is C=C(C)C(=O)OCCCCOC(=O)c1ccc(I)c(O)c1. The van der Waals surface area contributed by atoms with Gasteiger partial charge in [0.05, 0.1) is 22.3 Å². The molecule has 0 unspecified atom stereocenters. The van der Waals surface area contributed by atoms with Crippen LogP contribution in [0.25, 0.3) is 0 Å². The minimum absolute atomic E-state index is 0.0526. The third kappa shape index (κ3) is 6.16. The first kappa shape index (κ1) is 17.5. The number of phenols is 1. The van der Waals surface area contributed by atoms with Gasteiger partial charge in [-0.25, -0.2) is 9.59 Å². The highest BCUT2D eigenvalue weighted by Crippen LogP contribution is 2.20. The van der Waals surface area contributed by atoms with Crippen LogP contribution in [-0.2, 0) is 14.3 Å². The molecule has 0 atom stereocenters. The van der Waals surface area contributed by atoms with Gasteiger partial charge in [0.15, 0.2) is 0 Å². The van der Waals surface area contributed by atoms with Crippen LogP contribution >= 0.6 is 22.6 Å². The standard InChI is InChI=1S/C15H17IO5/c1-10(2)14(18)20-7-3-4-8-21-15(19)11-5-6-12(16)13(17)9-11/h5-6,9,17H,1,3-4,7-8H2,2H3. The maximum Gasteiger partial charge on any atom is 0.338 e. The molecular formula is C15H17IO5. The Kier molecular flexibility index (Phi) is 7.21. The molecule has 0 aliphatic rings. The quantitative estimate of drug-likeness (QED) is 0.327. The fourth-order valence-electron chi connectivity index (χ4n) is 1.38. The number of carbonyl (C=O) groups excluding carboxylic acids is 2. The zero-order chi connectivity index (χ0) is 15.8. The zero-order valence-corrected chi connectivity index (χ0v) is 13.9. The van der Waals surface area contributed by atoms with Gasteiger partial charge in [0.1, 0.15) is 5.75 Å². The number of unbranched alkanes of at least 4 members (excludes halogenated alkanes) is 1. The maximum absolute atomic E-state index is 11.7. The Morgan fingerprint density at radius 3 is 2.43 bits per heavy atom. The average molecular weight is 404 g/mol. The van der Waals surface area contributed by atoms with Gasteiger partial charge in [0.25, 0.3) is 0 Å². The van der Waals surface area contributed by atoms with Crippen LogP contribution < -0.4 is 0 Å². The molecule has 1 rings (SSSR count). The molecule has 0 aromatic heterocycles. The molecule has 0 bridgehead atoms. The smallest absolute Gasteiger partial charge is 0.338 e. The topological polar surface area (TPSA) is 72.8 Å². The van der Waals surface area contributed by atoms with Crippen molar-refractivity contribution in [2.24, 2.45) is 0 Å². The number of halogens is 1. The molecule has 5 nitrogen and oxygen atoms in total. The summed E-state index contributed by atoms with van der Waals surface area (Å²) in [5.41, 5.74) is 0.668. The molecule has 1 aromatic rings. The molecule has 114 valence electrons. The minimum Gasteiger partial charge on any atom is -0.507 e. The van der Waals surface area contributed by atoms with Gasteiger partial charge in [-0.2, -0.15) is 0 Å². The number of hydrogen-bond acceptors (Lipinski definition) is 5. The molecule has 0 aliphatic heterocycles. The van der Waals surface area contributed by atoms with Crippen LogP contribution in [-0.4, -0.2) is 30.3 Å². The number of aromatic hydroxyl groups is 1. The van der Waals surface area contributed by atoms with E-state index in [0.717, 1.165) is 0 Å². The van der Waals surface area contributed by atoms with Gasteiger partial charge in [-0.05, 0) is 60.6 Å². The predicted molar refractivity (Wildman–Crippen MR) is 86.1 cm³/mol. The van der Waals surface area contributed by atoms with Crippen molar-refractivity contribution >= 4 is 34.5 Å². The monoisotopic (exact) mass is 404 g/mol. The van der Waals surface area contributed by atoms with Crippen molar-refractivity contribution in [2.75, 3.05) is 13.2 Å². The van der Waals surface area contributed by atoms with E-state index in [4.69, 9.17) is 9.47 Å². The van der Waals surface area contributed by atoms with Crippen molar-refractivity contribution in [3.63, 3.8) is 0 Å². The lowest BCUT2D eigenvalue weighted by Gasteiger charge is -2.06. The minimum atomic E-state index is -0.486. The van der Waals surface area contributed by atoms with Crippen molar-refractivity contribution in [3.8, 4) is 5.75 Å². The predicted octanol–water partition coefficient (Wildman–Crippen LogP) is 3.05. The lowest BCUT2D eigenvalue weighted by Crippen LogP contribution is -2.09. The average Bonchev–Trinajstić information content (AvgIpc) is 2.44. The second-order valence-electron chi connectivity index (χ2n) is 4.43. The fourth-order valence-corrected chi connectivity index (χ4v) is 1.72. The molecule has 1 N–H and O–H groups in total. The molecule has 0 spiro atoms. The Hall–Kier alpha value is -1.57. The summed E-state index contributed by atoms with van der Waals surface area (Å²) in [6.45, 7) is 5.56. The second kappa shape index (κ2) is 8.66. The number of ether oxygens (including phenoxy) is 2. The van der Waals surface area contributed by atoms with E-state index in [1.165, 1.54) is 6.07 Å². The highest BCUT2D eigenvalue weighted by molar-refractivity contribution is 14.1. The van der Waals surface area contributed by atoms with Gasteiger partial charge in [0.2, 0.25) is 0 Å². The van der Waals surface area contributed by atoms with Gasteiger partial charge in [-0.3, -0.25) is 0 Å². The largest absolute Gasteiger partial charge is 0.507 e. The fraction of sp³-hybridized carbons (Fsp3) is 0.333. The maximum atomic E-state index is 11.7. The molecule has 6 heteroatoms. The summed E-state index contributed by atoms with van der Waals surface area (Å²) in [7, 11) is 0. The number of benzene rings is 1. The summed E-state index contributed by atoms with van der Waals surface area (Å²) < 4.78 is 10.6. The van der Waals surface area contributed by atoms with Gasteiger partial charge in [0, 0.05) is 5.57 Å². The van der Waals surface area contributed by atoms with Crippen LogP contribution in [0.5, 0.6) is 5.75 Å². The van der Waals surface area contributed by atoms with Crippen LogP contribution in [0.1, 0.15) is 30.1 Å². The molecular weight excluding hydrogens is 387 g/mol. The van der Waals surface area contributed by atoms with Crippen molar-refractivity contribution in [1.82, 2.24) is 0 Å². The van der Waals surface area contributed by atoms with E-state index in [0.29, 0.717) is 27.5 Å². The van der Waals surface area contributed by atoms with Gasteiger partial charge >= 0.3 is 11.9 Å². The first-order valence-corrected chi connectivity index (χ1v) is 7.48. The third-order valence-corrected chi connectivity index (χ3v) is 3.45. The zero-order valence-electron chi connectivity index (χ0n) is 11.7. The number of hydrogen-bond donors (Lipinski definition) is 1. The Morgan fingerprint density at radius 1 is 1.24 bits per heavy atom. The van der Waals surface area contributed by atoms with E-state index in [1.54, 1.807) is 19.1 Å². The van der Waals surface area contributed by atoms with E-state index < -0.39 is 11.9 Å².